The Morgan fingerprint density at radius 1 is 0.375 bits per heavy atom. The minimum absolute atomic E-state index is 0.852. The van der Waals surface area contributed by atoms with Gasteiger partial charge >= 0.3 is 0 Å². The van der Waals surface area contributed by atoms with Gasteiger partial charge in [-0.05, 0) is 110 Å². The summed E-state index contributed by atoms with van der Waals surface area (Å²) < 4.78 is 6.49. The van der Waals surface area contributed by atoms with Gasteiger partial charge in [-0.3, -0.25) is 4.98 Å². The number of anilines is 3. The van der Waals surface area contributed by atoms with Gasteiger partial charge in [-0.2, -0.15) is 0 Å². The summed E-state index contributed by atoms with van der Waals surface area (Å²) in [4.78, 5) is 7.46. The average molecular weight is 715 g/mol. The van der Waals surface area contributed by atoms with Gasteiger partial charge in [0.15, 0.2) is 0 Å². The first-order chi connectivity index (χ1) is 27.8. The number of hydrogen-bond acceptors (Lipinski definition) is 3. The predicted octanol–water partition coefficient (Wildman–Crippen LogP) is 14.9. The molecule has 0 aliphatic rings. The summed E-state index contributed by atoms with van der Waals surface area (Å²) in [6.45, 7) is 0. The van der Waals surface area contributed by atoms with Gasteiger partial charge in [0, 0.05) is 33.7 Å². The molecule has 0 aliphatic carbocycles. The summed E-state index contributed by atoms with van der Waals surface area (Å²) in [5.41, 5.74) is 12.8. The lowest BCUT2D eigenvalue weighted by Crippen LogP contribution is -2.11. The van der Waals surface area contributed by atoms with Gasteiger partial charge in [0.25, 0.3) is 0 Å². The monoisotopic (exact) mass is 714 g/mol. The first-order valence-corrected chi connectivity index (χ1v) is 19.0. The Kier molecular flexibility index (Phi) is 7.49. The van der Waals surface area contributed by atoms with E-state index in [4.69, 9.17) is 9.40 Å². The maximum absolute atomic E-state index is 6.49. The molecule has 0 saturated heterocycles. The van der Waals surface area contributed by atoms with E-state index in [2.05, 4.69) is 187 Å². The molecule has 0 bridgehead atoms. The summed E-state index contributed by atoms with van der Waals surface area (Å²) in [6, 6.07) is 71.4. The minimum atomic E-state index is 0.852. The van der Waals surface area contributed by atoms with Crippen molar-refractivity contribution in [1.29, 1.82) is 0 Å². The van der Waals surface area contributed by atoms with Crippen LogP contribution in [0, 0.1) is 0 Å². The van der Waals surface area contributed by atoms with Crippen LogP contribution in [0.5, 0.6) is 0 Å². The Labute approximate surface area is 324 Å². The van der Waals surface area contributed by atoms with Crippen LogP contribution in [0.1, 0.15) is 0 Å². The highest BCUT2D eigenvalue weighted by atomic mass is 16.3. The molecular weight excluding hydrogens is 681 g/mol. The fraction of sp³-hybridized carbons (Fsp3) is 0. The number of benzene rings is 9. The molecule has 0 amide bonds. The van der Waals surface area contributed by atoms with Crippen molar-refractivity contribution in [2.45, 2.75) is 0 Å². The highest BCUT2D eigenvalue weighted by Crippen LogP contribution is 2.43. The van der Waals surface area contributed by atoms with Gasteiger partial charge in [-0.15, -0.1) is 0 Å². The third kappa shape index (κ3) is 5.32. The van der Waals surface area contributed by atoms with Gasteiger partial charge in [-0.25, -0.2) is 0 Å². The maximum atomic E-state index is 6.49. The van der Waals surface area contributed by atoms with Crippen LogP contribution in [0.4, 0.5) is 17.1 Å². The summed E-state index contributed by atoms with van der Waals surface area (Å²) in [5, 5.41) is 8.00. The summed E-state index contributed by atoms with van der Waals surface area (Å²) in [6.07, 6.45) is 1.96. The third-order valence-corrected chi connectivity index (χ3v) is 11.1. The van der Waals surface area contributed by atoms with Crippen LogP contribution in [0.3, 0.4) is 0 Å². The molecule has 0 atom stereocenters. The summed E-state index contributed by atoms with van der Waals surface area (Å²) >= 11 is 0. The Bertz CT molecular complexity index is 3230. The van der Waals surface area contributed by atoms with Crippen molar-refractivity contribution in [2.24, 2.45) is 0 Å². The molecule has 0 N–H and O–H groups in total. The van der Waals surface area contributed by atoms with E-state index < -0.39 is 0 Å². The zero-order valence-corrected chi connectivity index (χ0v) is 30.4. The SMILES string of the molecule is c1ccc(-c2cc(-c3ccc(N(c4ccc(-c5cccc6ccccc56)cc4)c4cccc5c4ncc4c6ccccc6oc54)cc3)c3ccccc3c2)cc1. The Morgan fingerprint density at radius 3 is 1.73 bits per heavy atom. The molecule has 0 unspecified atom stereocenters. The topological polar surface area (TPSA) is 29.3 Å². The first-order valence-electron chi connectivity index (χ1n) is 19.0. The number of fused-ring (bicyclic) bond motifs is 7. The Hall–Kier alpha value is -7.49. The largest absolute Gasteiger partial charge is 0.455 e. The van der Waals surface area contributed by atoms with E-state index in [0.717, 1.165) is 55.5 Å². The molecule has 0 saturated carbocycles. The fourth-order valence-electron chi connectivity index (χ4n) is 8.38. The van der Waals surface area contributed by atoms with Crippen molar-refractivity contribution in [2.75, 3.05) is 4.90 Å². The van der Waals surface area contributed by atoms with Gasteiger partial charge in [0.1, 0.15) is 11.2 Å². The van der Waals surface area contributed by atoms with Crippen LogP contribution in [0.25, 0.3) is 87.8 Å². The molecular formula is C53H34N2O. The molecule has 3 heteroatoms. The van der Waals surface area contributed by atoms with Gasteiger partial charge in [-0.1, -0.05) is 146 Å². The smallest absolute Gasteiger partial charge is 0.146 e. The third-order valence-electron chi connectivity index (χ3n) is 11.1. The Balaban J connectivity index is 1.08. The number of aromatic nitrogens is 1. The molecule has 262 valence electrons. The van der Waals surface area contributed by atoms with Crippen LogP contribution in [-0.2, 0) is 0 Å². The van der Waals surface area contributed by atoms with Crippen molar-refractivity contribution >= 4 is 71.4 Å². The van der Waals surface area contributed by atoms with E-state index in [1.165, 1.54) is 49.4 Å². The van der Waals surface area contributed by atoms with E-state index in [1.54, 1.807) is 0 Å². The van der Waals surface area contributed by atoms with Crippen LogP contribution in [0.2, 0.25) is 0 Å². The lowest BCUT2D eigenvalue weighted by molar-refractivity contribution is 0.672. The van der Waals surface area contributed by atoms with Crippen LogP contribution in [-0.4, -0.2) is 4.98 Å². The maximum Gasteiger partial charge on any atom is 0.146 e. The van der Waals surface area contributed by atoms with Crippen molar-refractivity contribution in [3.63, 3.8) is 0 Å². The predicted molar refractivity (Wildman–Crippen MR) is 235 cm³/mol. The molecule has 11 aromatic rings. The van der Waals surface area contributed by atoms with E-state index in [0.29, 0.717) is 0 Å². The number of rotatable bonds is 6. The zero-order chi connectivity index (χ0) is 37.0. The molecule has 0 radical (unpaired) electrons. The lowest BCUT2D eigenvalue weighted by atomic mass is 9.93. The minimum Gasteiger partial charge on any atom is -0.455 e. The molecule has 9 aromatic carbocycles. The van der Waals surface area contributed by atoms with Gasteiger partial charge < -0.3 is 9.32 Å². The standard InChI is InChI=1S/C53H34N2O/c1-2-12-35(13-3-1)40-32-39-15-5-7-18-45(39)48(33-40)38-26-30-42(31-27-38)55(41-28-24-37(25-29-41)44-20-10-16-36-14-4-6-17-43(36)44)50-22-11-21-47-52(50)54-34-49-46-19-8-9-23-51(46)56-53(47)49/h1-34H. The second-order valence-electron chi connectivity index (χ2n) is 14.3. The van der Waals surface area contributed by atoms with E-state index in [-0.39, 0.29) is 0 Å². The average Bonchev–Trinajstić information content (AvgIpc) is 3.66. The zero-order valence-electron chi connectivity index (χ0n) is 30.4. The molecule has 2 aromatic heterocycles. The molecule has 2 heterocycles. The van der Waals surface area contributed by atoms with E-state index >= 15 is 0 Å². The van der Waals surface area contributed by atoms with E-state index in [9.17, 15) is 0 Å². The summed E-state index contributed by atoms with van der Waals surface area (Å²) in [7, 11) is 0. The van der Waals surface area contributed by atoms with Crippen LogP contribution >= 0.6 is 0 Å². The van der Waals surface area contributed by atoms with E-state index in [1.807, 2.05) is 24.4 Å². The molecule has 0 aliphatic heterocycles. The van der Waals surface area contributed by atoms with Crippen molar-refractivity contribution < 1.29 is 4.42 Å². The van der Waals surface area contributed by atoms with Crippen LogP contribution < -0.4 is 4.90 Å². The molecule has 0 spiro atoms. The van der Waals surface area contributed by atoms with Crippen molar-refractivity contribution in [1.82, 2.24) is 4.98 Å². The van der Waals surface area contributed by atoms with Gasteiger partial charge in [0.2, 0.25) is 0 Å². The number of furan rings is 1. The summed E-state index contributed by atoms with van der Waals surface area (Å²) in [5.74, 6) is 0. The number of pyridine rings is 1. The quantitative estimate of drug-likeness (QED) is 0.172. The Morgan fingerprint density at radius 2 is 0.964 bits per heavy atom. The molecule has 11 rings (SSSR count). The van der Waals surface area contributed by atoms with Crippen molar-refractivity contribution in [3.8, 4) is 33.4 Å². The fourth-order valence-corrected chi connectivity index (χ4v) is 8.38. The van der Waals surface area contributed by atoms with Crippen LogP contribution in [0.15, 0.2) is 211 Å². The number of hydrogen-bond donors (Lipinski definition) is 0. The first kappa shape index (κ1) is 32.0. The second kappa shape index (κ2) is 13.1. The molecule has 3 nitrogen and oxygen atoms in total. The highest BCUT2D eigenvalue weighted by Gasteiger charge is 2.20. The van der Waals surface area contributed by atoms with Crippen molar-refractivity contribution in [3.05, 3.63) is 206 Å². The molecule has 56 heavy (non-hydrogen) atoms. The normalized spacial score (nSPS) is 11.6. The number of para-hydroxylation sites is 2. The number of nitrogens with zero attached hydrogens (tertiary/aromatic N) is 2. The van der Waals surface area contributed by atoms with Gasteiger partial charge in [0.05, 0.1) is 11.2 Å². The lowest BCUT2D eigenvalue weighted by Gasteiger charge is -2.27. The highest BCUT2D eigenvalue weighted by molar-refractivity contribution is 6.16. The second-order valence-corrected chi connectivity index (χ2v) is 14.3. The molecule has 0 fully saturated rings.